The molecule has 1 rings (SSSR count). The topological polar surface area (TPSA) is 18.5 Å². The van der Waals surface area contributed by atoms with Gasteiger partial charge in [0.15, 0.2) is 11.2 Å². The molecule has 1 heterocycles. The molecule has 0 radical (unpaired) electrons. The molecular formula is C16H28O2. The van der Waals surface area contributed by atoms with Gasteiger partial charge in [-0.1, -0.05) is 53.4 Å². The van der Waals surface area contributed by atoms with Crippen LogP contribution in [0, 0.1) is 28.6 Å². The lowest BCUT2D eigenvalue weighted by molar-refractivity contribution is -0.402. The van der Waals surface area contributed by atoms with E-state index in [4.69, 9.17) is 9.78 Å². The van der Waals surface area contributed by atoms with Gasteiger partial charge in [-0.2, -0.15) is 0 Å². The van der Waals surface area contributed by atoms with E-state index >= 15 is 0 Å². The Labute approximate surface area is 112 Å². The quantitative estimate of drug-likeness (QED) is 0.514. The number of rotatable bonds is 1. The fourth-order valence-electron chi connectivity index (χ4n) is 3.58. The first-order chi connectivity index (χ1) is 7.78. The van der Waals surface area contributed by atoms with Crippen LogP contribution in [-0.4, -0.2) is 11.2 Å². The largest absolute Gasteiger partial charge is 0.216 e. The van der Waals surface area contributed by atoms with E-state index in [1.807, 2.05) is 20.8 Å². The molecule has 0 aliphatic carbocycles. The highest BCUT2D eigenvalue weighted by molar-refractivity contribution is 5.24. The van der Waals surface area contributed by atoms with Gasteiger partial charge in [-0.15, -0.1) is 0 Å². The van der Waals surface area contributed by atoms with Gasteiger partial charge >= 0.3 is 0 Å². The molecule has 2 heteroatoms. The summed E-state index contributed by atoms with van der Waals surface area (Å²) in [5, 5.41) is 0. The van der Waals surface area contributed by atoms with Crippen molar-refractivity contribution in [3.05, 3.63) is 0 Å². The molecule has 0 bridgehead atoms. The summed E-state index contributed by atoms with van der Waals surface area (Å²) in [4.78, 5) is 11.2. The average Bonchev–Trinajstić information content (AvgIpc) is 2.06. The highest BCUT2D eigenvalue weighted by Crippen LogP contribution is 2.48. The molecular weight excluding hydrogens is 224 g/mol. The zero-order chi connectivity index (χ0) is 14.4. The van der Waals surface area contributed by atoms with Crippen LogP contribution in [-0.2, 0) is 9.78 Å². The second-order valence-corrected chi connectivity index (χ2v) is 8.20. The Balaban J connectivity index is 3.22. The summed E-state index contributed by atoms with van der Waals surface area (Å²) in [5.41, 5.74) is -0.898. The monoisotopic (exact) mass is 252 g/mol. The Morgan fingerprint density at radius 1 is 0.778 bits per heavy atom. The predicted molar refractivity (Wildman–Crippen MR) is 74.8 cm³/mol. The van der Waals surface area contributed by atoms with Gasteiger partial charge in [-0.25, -0.2) is 9.78 Å². The molecule has 0 aromatic heterocycles. The van der Waals surface area contributed by atoms with Crippen molar-refractivity contribution in [2.75, 3.05) is 0 Å². The van der Waals surface area contributed by atoms with Crippen LogP contribution in [0.15, 0.2) is 0 Å². The highest BCUT2D eigenvalue weighted by atomic mass is 17.2. The lowest BCUT2D eigenvalue weighted by Gasteiger charge is -2.49. The van der Waals surface area contributed by atoms with Crippen LogP contribution in [0.1, 0.15) is 62.3 Å². The Bertz CT molecular complexity index is 357. The van der Waals surface area contributed by atoms with Crippen molar-refractivity contribution in [2.45, 2.75) is 73.5 Å². The SMILES string of the molecule is CC1(C)C#CC(C)(C(C(C)(C)C)C(C)(C)C)OO1. The van der Waals surface area contributed by atoms with Crippen molar-refractivity contribution in [1.82, 2.24) is 0 Å². The fourth-order valence-corrected chi connectivity index (χ4v) is 3.58. The van der Waals surface area contributed by atoms with E-state index in [9.17, 15) is 0 Å². The zero-order valence-corrected chi connectivity index (χ0v) is 13.4. The van der Waals surface area contributed by atoms with E-state index in [-0.39, 0.29) is 16.7 Å². The predicted octanol–water partition coefficient (Wildman–Crippen LogP) is 4.20. The first-order valence-corrected chi connectivity index (χ1v) is 6.69. The molecule has 0 amide bonds. The number of hydrogen-bond acceptors (Lipinski definition) is 2. The fraction of sp³-hybridized carbons (Fsp3) is 0.875. The van der Waals surface area contributed by atoms with Crippen molar-refractivity contribution in [3.63, 3.8) is 0 Å². The minimum Gasteiger partial charge on any atom is -0.216 e. The second kappa shape index (κ2) is 4.25. The van der Waals surface area contributed by atoms with Gasteiger partial charge in [0, 0.05) is 5.92 Å². The Kier molecular flexibility index (Phi) is 3.67. The number of hydrogen-bond donors (Lipinski definition) is 0. The normalized spacial score (nSPS) is 27.9. The van der Waals surface area contributed by atoms with Crippen molar-refractivity contribution < 1.29 is 9.78 Å². The maximum absolute atomic E-state index is 5.72. The maximum Gasteiger partial charge on any atom is 0.164 e. The van der Waals surface area contributed by atoms with E-state index in [0.717, 1.165) is 0 Å². The van der Waals surface area contributed by atoms with Crippen molar-refractivity contribution >= 4 is 0 Å². The molecule has 0 aromatic rings. The van der Waals surface area contributed by atoms with Gasteiger partial charge in [0.1, 0.15) is 0 Å². The van der Waals surface area contributed by atoms with E-state index < -0.39 is 11.2 Å². The molecule has 0 saturated heterocycles. The zero-order valence-electron chi connectivity index (χ0n) is 13.4. The summed E-state index contributed by atoms with van der Waals surface area (Å²) in [6.45, 7) is 19.3. The second-order valence-electron chi connectivity index (χ2n) is 8.20. The van der Waals surface area contributed by atoms with E-state index in [2.05, 4.69) is 53.4 Å². The standard InChI is InChI=1S/C16H28O2/c1-13(2,3)12(14(4,5)6)16(9)11-10-15(7,8)17-18-16/h12H,1-9H3. The van der Waals surface area contributed by atoms with Crippen LogP contribution in [0.5, 0.6) is 0 Å². The summed E-state index contributed by atoms with van der Waals surface area (Å²) in [6, 6.07) is 0. The minimum atomic E-state index is -0.563. The van der Waals surface area contributed by atoms with Crippen LogP contribution in [0.3, 0.4) is 0 Å². The highest BCUT2D eigenvalue weighted by Gasteiger charge is 2.50. The minimum absolute atomic E-state index is 0.0898. The van der Waals surface area contributed by atoms with Crippen molar-refractivity contribution in [1.29, 1.82) is 0 Å². The molecule has 1 unspecified atom stereocenters. The Morgan fingerprint density at radius 3 is 1.50 bits per heavy atom. The van der Waals surface area contributed by atoms with Crippen LogP contribution in [0.2, 0.25) is 0 Å². The first kappa shape index (κ1) is 15.5. The summed E-state index contributed by atoms with van der Waals surface area (Å²) in [6.07, 6.45) is 0. The Morgan fingerprint density at radius 2 is 1.22 bits per heavy atom. The third-order valence-electron chi connectivity index (χ3n) is 3.32. The molecule has 0 spiro atoms. The maximum atomic E-state index is 5.72. The van der Waals surface area contributed by atoms with Gasteiger partial charge in [0.25, 0.3) is 0 Å². The molecule has 0 aromatic carbocycles. The van der Waals surface area contributed by atoms with Gasteiger partial charge in [-0.3, -0.25) is 0 Å². The van der Waals surface area contributed by atoms with Gasteiger partial charge < -0.3 is 0 Å². The molecule has 1 aliphatic rings. The summed E-state index contributed by atoms with van der Waals surface area (Å²) < 4.78 is 0. The molecule has 1 atom stereocenters. The third kappa shape index (κ3) is 3.28. The van der Waals surface area contributed by atoms with E-state index in [0.29, 0.717) is 0 Å². The van der Waals surface area contributed by atoms with Gasteiger partial charge in [0.05, 0.1) is 0 Å². The van der Waals surface area contributed by atoms with Crippen LogP contribution < -0.4 is 0 Å². The van der Waals surface area contributed by atoms with Gasteiger partial charge in [0.2, 0.25) is 0 Å². The first-order valence-electron chi connectivity index (χ1n) is 6.69. The third-order valence-corrected chi connectivity index (χ3v) is 3.32. The van der Waals surface area contributed by atoms with Crippen molar-refractivity contribution in [3.8, 4) is 11.8 Å². The molecule has 18 heavy (non-hydrogen) atoms. The lowest BCUT2D eigenvalue weighted by Crippen LogP contribution is -2.52. The van der Waals surface area contributed by atoms with Gasteiger partial charge in [-0.05, 0) is 31.6 Å². The molecule has 104 valence electrons. The lowest BCUT2D eigenvalue weighted by atomic mass is 9.59. The summed E-state index contributed by atoms with van der Waals surface area (Å²) in [7, 11) is 0. The average molecular weight is 252 g/mol. The van der Waals surface area contributed by atoms with E-state index in [1.165, 1.54) is 0 Å². The van der Waals surface area contributed by atoms with Crippen molar-refractivity contribution in [2.24, 2.45) is 16.7 Å². The molecule has 2 nitrogen and oxygen atoms in total. The molecule has 0 N–H and O–H groups in total. The molecule has 1 aliphatic heterocycles. The smallest absolute Gasteiger partial charge is 0.164 e. The van der Waals surface area contributed by atoms with Crippen LogP contribution >= 0.6 is 0 Å². The van der Waals surface area contributed by atoms with Crippen LogP contribution in [0.4, 0.5) is 0 Å². The summed E-state index contributed by atoms with van der Waals surface area (Å²) >= 11 is 0. The molecule has 0 saturated carbocycles. The Hall–Kier alpha value is -0.520. The van der Waals surface area contributed by atoms with E-state index in [1.54, 1.807) is 0 Å². The van der Waals surface area contributed by atoms with Crippen LogP contribution in [0.25, 0.3) is 0 Å². The molecule has 0 fully saturated rings. The summed E-state index contributed by atoms with van der Waals surface area (Å²) in [5.74, 6) is 6.74.